The Morgan fingerprint density at radius 1 is 1.31 bits per heavy atom. The third-order valence-electron chi connectivity index (χ3n) is 1.94. The molecule has 2 rings (SSSR count). The Morgan fingerprint density at radius 2 is 2.12 bits per heavy atom. The van der Waals surface area contributed by atoms with Crippen molar-refractivity contribution in [3.63, 3.8) is 0 Å². The fraction of sp³-hybridized carbons (Fsp3) is 0.111. The maximum atomic E-state index is 11.3. The Labute approximate surface area is 88.5 Å². The lowest BCUT2D eigenvalue weighted by atomic mass is 10.4. The third-order valence-corrected chi connectivity index (χ3v) is 1.94. The minimum absolute atomic E-state index is 0.217. The van der Waals surface area contributed by atoms with Gasteiger partial charge in [-0.3, -0.25) is 14.8 Å². The zero-order chi connectivity index (χ0) is 11.5. The van der Waals surface area contributed by atoms with Crippen molar-refractivity contribution in [2.45, 2.75) is 6.42 Å². The first-order valence-corrected chi connectivity index (χ1v) is 4.46. The smallest absolute Gasteiger partial charge is 0.327 e. The predicted octanol–water partition coefficient (Wildman–Crippen LogP) is -0.438. The van der Waals surface area contributed by atoms with Gasteiger partial charge in [-0.1, -0.05) is 6.08 Å². The first-order chi connectivity index (χ1) is 7.70. The van der Waals surface area contributed by atoms with E-state index in [0.717, 1.165) is 0 Å². The summed E-state index contributed by atoms with van der Waals surface area (Å²) in [7, 11) is 0. The monoisotopic (exact) mass is 217 g/mol. The highest BCUT2D eigenvalue weighted by Crippen LogP contribution is 2.02. The summed E-state index contributed by atoms with van der Waals surface area (Å²) in [5, 5.41) is 8.29. The number of hydrogen-bond donors (Lipinski definition) is 3. The molecule has 16 heavy (non-hydrogen) atoms. The van der Waals surface area contributed by atoms with E-state index in [1.807, 2.05) is 6.07 Å². The van der Waals surface area contributed by atoms with Crippen LogP contribution in [-0.2, 0) is 6.42 Å². The number of hydrogen-bond acceptors (Lipinski definition) is 4. The second kappa shape index (κ2) is 3.86. The first-order valence-electron chi connectivity index (χ1n) is 4.46. The van der Waals surface area contributed by atoms with Gasteiger partial charge in [0.2, 0.25) is 0 Å². The molecule has 0 unspecified atom stereocenters. The number of rotatable bonds is 2. The van der Waals surface area contributed by atoms with Crippen LogP contribution in [-0.4, -0.2) is 19.9 Å². The number of aromatic amines is 3. The van der Waals surface area contributed by atoms with Crippen LogP contribution in [0.15, 0.2) is 21.7 Å². The van der Waals surface area contributed by atoms with Crippen LogP contribution in [0.5, 0.6) is 0 Å². The maximum Gasteiger partial charge on any atom is 0.327 e. The fourth-order valence-electron chi connectivity index (χ4n) is 1.30. The molecule has 0 aliphatic heterocycles. The molecule has 2 aromatic rings. The van der Waals surface area contributed by atoms with Gasteiger partial charge in [0.15, 0.2) is 5.65 Å². The summed E-state index contributed by atoms with van der Waals surface area (Å²) in [6.07, 6.45) is 3.31. The number of nitrogens with one attached hydrogen (secondary N) is 3. The fourth-order valence-corrected chi connectivity index (χ4v) is 1.30. The van der Waals surface area contributed by atoms with E-state index >= 15 is 0 Å². The molecule has 0 saturated heterocycles. The summed E-state index contributed by atoms with van der Waals surface area (Å²) in [5.74, 6) is 0.508. The standard InChI is InChI=1S/C9H7N5O2/c10-4-2-1-3-5-11-6-7(12-5)13-9(16)14-8(6)15/h1-2H,3H2,(H3,11,12,13,14,15,16). The van der Waals surface area contributed by atoms with E-state index in [4.69, 9.17) is 5.26 Å². The van der Waals surface area contributed by atoms with Crippen LogP contribution in [0, 0.1) is 11.3 Å². The molecule has 0 aliphatic rings. The summed E-state index contributed by atoms with van der Waals surface area (Å²) in [6.45, 7) is 0. The van der Waals surface area contributed by atoms with Gasteiger partial charge in [-0.2, -0.15) is 5.26 Å². The van der Waals surface area contributed by atoms with E-state index in [9.17, 15) is 9.59 Å². The summed E-state index contributed by atoms with van der Waals surface area (Å²) < 4.78 is 0. The lowest BCUT2D eigenvalue weighted by molar-refractivity contribution is 1.06. The van der Waals surface area contributed by atoms with Crippen molar-refractivity contribution in [1.29, 1.82) is 5.26 Å². The third kappa shape index (κ3) is 1.76. The van der Waals surface area contributed by atoms with Gasteiger partial charge in [0.1, 0.15) is 11.3 Å². The molecule has 7 nitrogen and oxygen atoms in total. The molecule has 0 spiro atoms. The Balaban J connectivity index is 2.49. The second-order valence-electron chi connectivity index (χ2n) is 3.05. The van der Waals surface area contributed by atoms with Gasteiger partial charge in [-0.05, 0) is 0 Å². The van der Waals surface area contributed by atoms with E-state index in [1.165, 1.54) is 6.08 Å². The van der Waals surface area contributed by atoms with Crippen molar-refractivity contribution >= 4 is 11.2 Å². The Bertz CT molecular complexity index is 697. The molecule has 0 saturated carbocycles. The topological polar surface area (TPSA) is 118 Å². The average Bonchev–Trinajstić information content (AvgIpc) is 2.61. The molecular weight excluding hydrogens is 210 g/mol. The molecule has 0 bridgehead atoms. The van der Waals surface area contributed by atoms with Gasteiger partial charge in [0.05, 0.1) is 6.07 Å². The van der Waals surface area contributed by atoms with Crippen molar-refractivity contribution in [3.8, 4) is 6.07 Å². The van der Waals surface area contributed by atoms with Gasteiger partial charge < -0.3 is 4.98 Å². The van der Waals surface area contributed by atoms with Gasteiger partial charge in [-0.25, -0.2) is 9.78 Å². The highest BCUT2D eigenvalue weighted by atomic mass is 16.2. The molecule has 0 aromatic carbocycles. The van der Waals surface area contributed by atoms with Crippen LogP contribution in [0.2, 0.25) is 0 Å². The van der Waals surface area contributed by atoms with Gasteiger partial charge in [0.25, 0.3) is 5.56 Å². The first kappa shape index (κ1) is 9.92. The van der Waals surface area contributed by atoms with Crippen LogP contribution < -0.4 is 11.2 Å². The number of imidazole rings is 1. The van der Waals surface area contributed by atoms with E-state index in [1.54, 1.807) is 6.08 Å². The zero-order valence-corrected chi connectivity index (χ0v) is 8.07. The number of nitriles is 1. The summed E-state index contributed by atoms with van der Waals surface area (Å²) in [4.78, 5) is 33.5. The molecule has 3 N–H and O–H groups in total. The van der Waals surface area contributed by atoms with Crippen LogP contribution in [0.25, 0.3) is 11.2 Å². The quantitative estimate of drug-likeness (QED) is 0.591. The van der Waals surface area contributed by atoms with Crippen LogP contribution in [0.3, 0.4) is 0 Å². The molecule has 2 aromatic heterocycles. The minimum atomic E-state index is -0.594. The highest BCUT2D eigenvalue weighted by molar-refractivity contribution is 5.68. The predicted molar refractivity (Wildman–Crippen MR) is 55.8 cm³/mol. The normalized spacial score (nSPS) is 10.9. The van der Waals surface area contributed by atoms with Crippen molar-refractivity contribution in [1.82, 2.24) is 19.9 Å². The highest BCUT2D eigenvalue weighted by Gasteiger charge is 2.05. The Morgan fingerprint density at radius 3 is 2.88 bits per heavy atom. The van der Waals surface area contributed by atoms with Crippen LogP contribution in [0.4, 0.5) is 0 Å². The summed E-state index contributed by atoms with van der Waals surface area (Å²) in [6, 6.07) is 1.84. The van der Waals surface area contributed by atoms with Crippen molar-refractivity contribution < 1.29 is 0 Å². The lowest BCUT2D eigenvalue weighted by Crippen LogP contribution is -2.21. The SMILES string of the molecule is N#CC=CCc1nc2[nH]c(=O)[nH]c(=O)c2[nH]1. The Hall–Kier alpha value is -2.62. The summed E-state index contributed by atoms with van der Waals surface area (Å²) in [5.41, 5.74) is -0.668. The molecule has 0 radical (unpaired) electrons. The number of fused-ring (bicyclic) bond motifs is 1. The van der Waals surface area contributed by atoms with E-state index in [0.29, 0.717) is 12.2 Å². The van der Waals surface area contributed by atoms with Crippen molar-refractivity contribution in [2.75, 3.05) is 0 Å². The van der Waals surface area contributed by atoms with Crippen LogP contribution >= 0.6 is 0 Å². The zero-order valence-electron chi connectivity index (χ0n) is 8.07. The van der Waals surface area contributed by atoms with Crippen molar-refractivity contribution in [3.05, 3.63) is 38.8 Å². The average molecular weight is 217 g/mol. The number of nitrogens with zero attached hydrogens (tertiary/aromatic N) is 2. The van der Waals surface area contributed by atoms with E-state index < -0.39 is 11.2 Å². The molecule has 7 heteroatoms. The molecule has 2 heterocycles. The minimum Gasteiger partial charge on any atom is -0.336 e. The van der Waals surface area contributed by atoms with Gasteiger partial charge in [-0.15, -0.1) is 0 Å². The van der Waals surface area contributed by atoms with Gasteiger partial charge >= 0.3 is 5.69 Å². The maximum absolute atomic E-state index is 11.3. The molecule has 0 fully saturated rings. The molecule has 80 valence electrons. The largest absolute Gasteiger partial charge is 0.336 e. The molecule has 0 aliphatic carbocycles. The van der Waals surface area contributed by atoms with Crippen LogP contribution in [0.1, 0.15) is 5.82 Å². The Kier molecular flexibility index (Phi) is 2.39. The van der Waals surface area contributed by atoms with Gasteiger partial charge in [0, 0.05) is 12.5 Å². The number of aromatic nitrogens is 4. The number of allylic oxidation sites excluding steroid dienone is 2. The number of H-pyrrole nitrogens is 3. The second-order valence-corrected chi connectivity index (χ2v) is 3.05. The molecular formula is C9H7N5O2. The summed E-state index contributed by atoms with van der Waals surface area (Å²) >= 11 is 0. The molecule has 0 atom stereocenters. The lowest BCUT2D eigenvalue weighted by Gasteiger charge is -1.83. The van der Waals surface area contributed by atoms with E-state index in [-0.39, 0.29) is 11.2 Å². The van der Waals surface area contributed by atoms with E-state index in [2.05, 4.69) is 19.9 Å². The molecule has 0 amide bonds. The van der Waals surface area contributed by atoms with Crippen molar-refractivity contribution in [2.24, 2.45) is 0 Å².